The van der Waals surface area contributed by atoms with Crippen molar-refractivity contribution in [2.45, 2.75) is 39.3 Å². The van der Waals surface area contributed by atoms with E-state index in [0.29, 0.717) is 6.42 Å². The van der Waals surface area contributed by atoms with E-state index in [1.165, 1.54) is 0 Å². The van der Waals surface area contributed by atoms with E-state index in [9.17, 15) is 0 Å². The highest BCUT2D eigenvalue weighted by molar-refractivity contribution is 9.10. The Bertz CT molecular complexity index is 602. The fourth-order valence-corrected chi connectivity index (χ4v) is 2.78. The van der Waals surface area contributed by atoms with Crippen molar-refractivity contribution in [3.05, 3.63) is 50.7 Å². The van der Waals surface area contributed by atoms with Crippen LogP contribution in [0.4, 0.5) is 0 Å². The summed E-state index contributed by atoms with van der Waals surface area (Å²) in [5.74, 6) is 0. The Morgan fingerprint density at radius 1 is 1.35 bits per heavy atom. The van der Waals surface area contributed by atoms with E-state index in [1.807, 2.05) is 42.8 Å². The maximum atomic E-state index is 6.51. The van der Waals surface area contributed by atoms with Crippen LogP contribution in [0.3, 0.4) is 0 Å². The number of hydrogen-bond donors (Lipinski definition) is 1. The van der Waals surface area contributed by atoms with Gasteiger partial charge in [0.2, 0.25) is 0 Å². The Hall–Kier alpha value is -0.840. The number of aromatic nitrogens is 2. The van der Waals surface area contributed by atoms with Crippen molar-refractivity contribution in [1.29, 1.82) is 0 Å². The van der Waals surface area contributed by atoms with Crippen molar-refractivity contribution >= 4 is 27.5 Å². The van der Waals surface area contributed by atoms with Crippen LogP contribution in [0.5, 0.6) is 0 Å². The number of rotatable bonds is 4. The average molecular weight is 357 g/mol. The van der Waals surface area contributed by atoms with Crippen molar-refractivity contribution < 1.29 is 0 Å². The predicted molar refractivity (Wildman–Crippen MR) is 87.0 cm³/mol. The predicted octanol–water partition coefficient (Wildman–Crippen LogP) is 4.04. The smallest absolute Gasteiger partial charge is 0.0847 e. The molecule has 1 aromatic heterocycles. The highest BCUT2D eigenvalue weighted by Crippen LogP contribution is 2.29. The summed E-state index contributed by atoms with van der Waals surface area (Å²) < 4.78 is 2.98. The van der Waals surface area contributed by atoms with E-state index in [4.69, 9.17) is 17.3 Å². The highest BCUT2D eigenvalue weighted by atomic mass is 79.9. The number of nitrogens with two attached hydrogens (primary N) is 1. The topological polar surface area (TPSA) is 43.8 Å². The zero-order valence-electron chi connectivity index (χ0n) is 12.0. The standard InChI is InChI=1S/C15H19BrClN3/c1-4-20-13(14(17)10(2)19-20)9-15(3,18)11-5-7-12(16)8-6-11/h5-8H,4,9,18H2,1-3H3. The van der Waals surface area contributed by atoms with Crippen LogP contribution in [0.25, 0.3) is 0 Å². The molecule has 0 aliphatic rings. The molecule has 20 heavy (non-hydrogen) atoms. The van der Waals surface area contributed by atoms with Crippen molar-refractivity contribution in [3.63, 3.8) is 0 Å². The van der Waals surface area contributed by atoms with E-state index in [-0.39, 0.29) is 0 Å². The summed E-state index contributed by atoms with van der Waals surface area (Å²) in [6, 6.07) is 8.09. The molecule has 0 saturated heterocycles. The van der Waals surface area contributed by atoms with E-state index in [1.54, 1.807) is 0 Å². The van der Waals surface area contributed by atoms with E-state index >= 15 is 0 Å². The number of halogens is 2. The van der Waals surface area contributed by atoms with Gasteiger partial charge in [0.05, 0.1) is 16.4 Å². The molecular weight excluding hydrogens is 338 g/mol. The fraction of sp³-hybridized carbons (Fsp3) is 0.400. The quantitative estimate of drug-likeness (QED) is 0.898. The Balaban J connectivity index is 2.35. The van der Waals surface area contributed by atoms with Gasteiger partial charge in [0.1, 0.15) is 0 Å². The number of benzene rings is 1. The minimum atomic E-state index is -0.482. The molecule has 1 unspecified atom stereocenters. The van der Waals surface area contributed by atoms with Gasteiger partial charge in [0, 0.05) is 23.0 Å². The molecule has 2 N–H and O–H groups in total. The molecule has 0 fully saturated rings. The van der Waals surface area contributed by atoms with Gasteiger partial charge in [0.25, 0.3) is 0 Å². The van der Waals surface area contributed by atoms with Crippen LogP contribution >= 0.6 is 27.5 Å². The number of nitrogens with zero attached hydrogens (tertiary/aromatic N) is 2. The first-order valence-electron chi connectivity index (χ1n) is 6.62. The molecule has 108 valence electrons. The molecule has 0 amide bonds. The molecular formula is C15H19BrClN3. The van der Waals surface area contributed by atoms with Gasteiger partial charge in [-0.25, -0.2) is 0 Å². The first-order valence-corrected chi connectivity index (χ1v) is 7.79. The lowest BCUT2D eigenvalue weighted by atomic mass is 9.88. The molecule has 2 rings (SSSR count). The number of aryl methyl sites for hydroxylation is 2. The van der Waals surface area contributed by atoms with Gasteiger partial charge in [-0.2, -0.15) is 5.10 Å². The molecule has 1 atom stereocenters. The summed E-state index contributed by atoms with van der Waals surface area (Å²) in [6.45, 7) is 6.79. The second-order valence-corrected chi connectivity index (χ2v) is 6.56. The van der Waals surface area contributed by atoms with Crippen LogP contribution in [0, 0.1) is 6.92 Å². The summed E-state index contributed by atoms with van der Waals surface area (Å²) in [5.41, 5.74) is 8.96. The molecule has 1 heterocycles. The second kappa shape index (κ2) is 5.88. The molecule has 2 aromatic rings. The van der Waals surface area contributed by atoms with Gasteiger partial charge in [0.15, 0.2) is 0 Å². The van der Waals surface area contributed by atoms with Gasteiger partial charge < -0.3 is 5.73 Å². The van der Waals surface area contributed by atoms with Crippen LogP contribution in [0.2, 0.25) is 5.02 Å². The first kappa shape index (κ1) is 15.5. The van der Waals surface area contributed by atoms with Crippen LogP contribution in [0.15, 0.2) is 28.7 Å². The first-order chi connectivity index (χ1) is 9.35. The largest absolute Gasteiger partial charge is 0.321 e. The van der Waals surface area contributed by atoms with Gasteiger partial charge >= 0.3 is 0 Å². The minimum absolute atomic E-state index is 0.482. The number of hydrogen-bond acceptors (Lipinski definition) is 2. The SMILES string of the molecule is CCn1nc(C)c(Cl)c1CC(C)(N)c1ccc(Br)cc1. The molecule has 0 bridgehead atoms. The molecule has 1 aromatic carbocycles. The molecule has 0 aliphatic heterocycles. The second-order valence-electron chi connectivity index (χ2n) is 5.26. The van der Waals surface area contributed by atoms with E-state index in [0.717, 1.165) is 33.0 Å². The van der Waals surface area contributed by atoms with Gasteiger partial charge in [-0.05, 0) is 38.5 Å². The molecule has 5 heteroatoms. The van der Waals surface area contributed by atoms with E-state index < -0.39 is 5.54 Å². The third-order valence-electron chi connectivity index (χ3n) is 3.49. The lowest BCUT2D eigenvalue weighted by Crippen LogP contribution is -2.36. The maximum absolute atomic E-state index is 6.51. The Morgan fingerprint density at radius 3 is 2.50 bits per heavy atom. The van der Waals surface area contributed by atoms with Crippen molar-refractivity contribution in [2.24, 2.45) is 5.73 Å². The third-order valence-corrected chi connectivity index (χ3v) is 4.51. The van der Waals surface area contributed by atoms with Crippen molar-refractivity contribution in [2.75, 3.05) is 0 Å². The van der Waals surface area contributed by atoms with E-state index in [2.05, 4.69) is 28.0 Å². The molecule has 0 saturated carbocycles. The highest BCUT2D eigenvalue weighted by Gasteiger charge is 2.26. The normalized spacial score (nSPS) is 14.3. The average Bonchev–Trinajstić information content (AvgIpc) is 2.66. The fourth-order valence-electron chi connectivity index (χ4n) is 2.32. The Morgan fingerprint density at radius 2 is 1.95 bits per heavy atom. The van der Waals surface area contributed by atoms with Gasteiger partial charge in [-0.1, -0.05) is 39.7 Å². The Kier molecular flexibility index (Phi) is 4.57. The van der Waals surface area contributed by atoms with Gasteiger partial charge in [-0.15, -0.1) is 0 Å². The van der Waals surface area contributed by atoms with Crippen LogP contribution in [-0.2, 0) is 18.5 Å². The summed E-state index contributed by atoms with van der Waals surface area (Å²) in [4.78, 5) is 0. The van der Waals surface area contributed by atoms with Crippen LogP contribution in [0.1, 0.15) is 30.8 Å². The summed E-state index contributed by atoms with van der Waals surface area (Å²) >= 11 is 9.81. The third kappa shape index (κ3) is 3.08. The lowest BCUT2D eigenvalue weighted by molar-refractivity contribution is 0.464. The van der Waals surface area contributed by atoms with Crippen molar-refractivity contribution in [3.8, 4) is 0 Å². The molecule has 0 radical (unpaired) electrons. The molecule has 0 spiro atoms. The molecule has 0 aliphatic carbocycles. The van der Waals surface area contributed by atoms with Crippen molar-refractivity contribution in [1.82, 2.24) is 9.78 Å². The van der Waals surface area contributed by atoms with Crippen LogP contribution in [-0.4, -0.2) is 9.78 Å². The monoisotopic (exact) mass is 355 g/mol. The lowest BCUT2D eigenvalue weighted by Gasteiger charge is -2.26. The van der Waals surface area contributed by atoms with Crippen LogP contribution < -0.4 is 5.73 Å². The zero-order valence-corrected chi connectivity index (χ0v) is 14.3. The summed E-state index contributed by atoms with van der Waals surface area (Å²) in [6.07, 6.45) is 0.655. The maximum Gasteiger partial charge on any atom is 0.0847 e. The van der Waals surface area contributed by atoms with Gasteiger partial charge in [-0.3, -0.25) is 4.68 Å². The summed E-state index contributed by atoms with van der Waals surface area (Å²) in [5, 5.41) is 5.17. The molecule has 3 nitrogen and oxygen atoms in total. The summed E-state index contributed by atoms with van der Waals surface area (Å²) in [7, 11) is 0. The minimum Gasteiger partial charge on any atom is -0.321 e. The zero-order chi connectivity index (χ0) is 14.9. The Labute approximate surface area is 133 Å².